The first-order valence-corrected chi connectivity index (χ1v) is 4.33. The third-order valence-electron chi connectivity index (χ3n) is 1.53. The van der Waals surface area contributed by atoms with E-state index in [1.165, 1.54) is 6.20 Å². The predicted octanol–water partition coefficient (Wildman–Crippen LogP) is 0.444. The van der Waals surface area contributed by atoms with Crippen molar-refractivity contribution in [3.8, 4) is 0 Å². The molecule has 0 bridgehead atoms. The minimum atomic E-state index is -0.588. The predicted molar refractivity (Wildman–Crippen MR) is 50.0 cm³/mol. The highest BCUT2D eigenvalue weighted by Crippen LogP contribution is 2.04. The number of carbonyl (C=O) groups is 1. The van der Waals surface area contributed by atoms with Gasteiger partial charge in [-0.3, -0.25) is 10.00 Å². The fourth-order valence-corrected chi connectivity index (χ4v) is 0.893. The van der Waals surface area contributed by atoms with E-state index in [1.54, 1.807) is 10.9 Å². The maximum Gasteiger partial charge on any atom is 0.411 e. The SMILES string of the molecule is CCn1cc(NC(=O)OCCO)cn1. The molecule has 0 aliphatic heterocycles. The fraction of sp³-hybridized carbons (Fsp3) is 0.500. The molecule has 0 aliphatic carbocycles. The molecular formula is C8H13N3O3. The fourth-order valence-electron chi connectivity index (χ4n) is 0.893. The van der Waals surface area contributed by atoms with Crippen LogP contribution in [0.25, 0.3) is 0 Å². The van der Waals surface area contributed by atoms with Crippen molar-refractivity contribution in [2.45, 2.75) is 13.5 Å². The number of nitrogens with zero attached hydrogens (tertiary/aromatic N) is 2. The number of rotatable bonds is 4. The zero-order valence-corrected chi connectivity index (χ0v) is 7.93. The Balaban J connectivity index is 2.39. The number of nitrogens with one attached hydrogen (secondary N) is 1. The van der Waals surface area contributed by atoms with E-state index in [0.717, 1.165) is 6.54 Å². The number of aryl methyl sites for hydroxylation is 1. The van der Waals surface area contributed by atoms with E-state index < -0.39 is 6.09 Å². The van der Waals surface area contributed by atoms with E-state index in [0.29, 0.717) is 5.69 Å². The lowest BCUT2D eigenvalue weighted by molar-refractivity contribution is 0.131. The largest absolute Gasteiger partial charge is 0.447 e. The first-order chi connectivity index (χ1) is 6.76. The Bertz CT molecular complexity index is 298. The average Bonchev–Trinajstić information content (AvgIpc) is 2.62. The number of ether oxygens (including phenoxy) is 1. The van der Waals surface area contributed by atoms with Gasteiger partial charge in [-0.1, -0.05) is 0 Å². The van der Waals surface area contributed by atoms with Gasteiger partial charge >= 0.3 is 6.09 Å². The number of anilines is 1. The van der Waals surface area contributed by atoms with Crippen LogP contribution in [0.3, 0.4) is 0 Å². The topological polar surface area (TPSA) is 76.4 Å². The van der Waals surface area contributed by atoms with Crippen LogP contribution in [0.1, 0.15) is 6.92 Å². The lowest BCUT2D eigenvalue weighted by Gasteiger charge is -2.02. The molecule has 1 heterocycles. The molecule has 0 aliphatic rings. The second-order valence-electron chi connectivity index (χ2n) is 2.57. The molecule has 0 unspecified atom stereocenters. The standard InChI is InChI=1S/C8H13N3O3/c1-2-11-6-7(5-9-11)10-8(13)14-4-3-12/h5-6,12H,2-4H2,1H3,(H,10,13). The molecule has 6 heteroatoms. The van der Waals surface area contributed by atoms with E-state index in [9.17, 15) is 4.79 Å². The van der Waals surface area contributed by atoms with Gasteiger partial charge in [0.15, 0.2) is 0 Å². The molecule has 0 radical (unpaired) electrons. The molecule has 0 atom stereocenters. The summed E-state index contributed by atoms with van der Waals surface area (Å²) in [6, 6.07) is 0. The van der Waals surface area contributed by atoms with Crippen LogP contribution in [-0.4, -0.2) is 34.2 Å². The van der Waals surface area contributed by atoms with Gasteiger partial charge in [-0.2, -0.15) is 5.10 Å². The van der Waals surface area contributed by atoms with E-state index in [4.69, 9.17) is 5.11 Å². The highest BCUT2D eigenvalue weighted by atomic mass is 16.6. The minimum absolute atomic E-state index is 0.00620. The zero-order valence-electron chi connectivity index (χ0n) is 7.93. The molecule has 0 saturated heterocycles. The van der Waals surface area contributed by atoms with Gasteiger partial charge in [0.2, 0.25) is 0 Å². The summed E-state index contributed by atoms with van der Waals surface area (Å²) in [5.74, 6) is 0. The number of hydrogen-bond donors (Lipinski definition) is 2. The summed E-state index contributed by atoms with van der Waals surface area (Å²) in [7, 11) is 0. The summed E-state index contributed by atoms with van der Waals surface area (Å²) < 4.78 is 6.28. The molecule has 1 rings (SSSR count). The molecule has 1 amide bonds. The number of amides is 1. The summed E-state index contributed by atoms with van der Waals surface area (Å²) in [6.07, 6.45) is 2.64. The summed E-state index contributed by atoms with van der Waals surface area (Å²) in [5.41, 5.74) is 0.579. The summed E-state index contributed by atoms with van der Waals surface area (Å²) in [5, 5.41) is 14.8. The molecule has 6 nitrogen and oxygen atoms in total. The molecule has 1 aromatic rings. The van der Waals surface area contributed by atoms with Crippen molar-refractivity contribution in [1.29, 1.82) is 0 Å². The number of aromatic nitrogens is 2. The van der Waals surface area contributed by atoms with Crippen LogP contribution in [0.2, 0.25) is 0 Å². The second-order valence-corrected chi connectivity index (χ2v) is 2.57. The van der Waals surface area contributed by atoms with Gasteiger partial charge in [0.1, 0.15) is 6.61 Å². The van der Waals surface area contributed by atoms with Crippen LogP contribution in [0.15, 0.2) is 12.4 Å². The van der Waals surface area contributed by atoms with Gasteiger partial charge in [0, 0.05) is 12.7 Å². The van der Waals surface area contributed by atoms with Crippen LogP contribution < -0.4 is 5.32 Å². The van der Waals surface area contributed by atoms with Gasteiger partial charge in [0.05, 0.1) is 18.5 Å². The van der Waals surface area contributed by atoms with Crippen LogP contribution in [-0.2, 0) is 11.3 Å². The van der Waals surface area contributed by atoms with Crippen molar-refractivity contribution in [1.82, 2.24) is 9.78 Å². The van der Waals surface area contributed by atoms with E-state index in [2.05, 4.69) is 15.2 Å². The molecule has 0 aromatic carbocycles. The zero-order chi connectivity index (χ0) is 10.4. The van der Waals surface area contributed by atoms with Crippen molar-refractivity contribution in [3.05, 3.63) is 12.4 Å². The van der Waals surface area contributed by atoms with Gasteiger partial charge in [-0.25, -0.2) is 4.79 Å². The second kappa shape index (κ2) is 5.23. The maximum absolute atomic E-state index is 11.0. The smallest absolute Gasteiger partial charge is 0.411 e. The summed E-state index contributed by atoms with van der Waals surface area (Å²) in [4.78, 5) is 11.0. The molecule has 14 heavy (non-hydrogen) atoms. The molecule has 78 valence electrons. The van der Waals surface area contributed by atoms with Crippen molar-refractivity contribution in [3.63, 3.8) is 0 Å². The monoisotopic (exact) mass is 199 g/mol. The normalized spacial score (nSPS) is 9.86. The Hall–Kier alpha value is -1.56. The van der Waals surface area contributed by atoms with Crippen molar-refractivity contribution in [2.75, 3.05) is 18.5 Å². The Labute approximate surface area is 81.5 Å². The molecule has 0 saturated carbocycles. The number of hydrogen-bond acceptors (Lipinski definition) is 4. The quantitative estimate of drug-likeness (QED) is 0.737. The number of aliphatic hydroxyl groups is 1. The lowest BCUT2D eigenvalue weighted by Crippen LogP contribution is -2.15. The number of aliphatic hydroxyl groups excluding tert-OH is 1. The van der Waals surface area contributed by atoms with Crippen molar-refractivity contribution in [2.24, 2.45) is 0 Å². The molecule has 0 fully saturated rings. The van der Waals surface area contributed by atoms with Crippen molar-refractivity contribution < 1.29 is 14.6 Å². The Morgan fingerprint density at radius 3 is 3.14 bits per heavy atom. The summed E-state index contributed by atoms with van der Waals surface area (Å²) >= 11 is 0. The number of carbonyl (C=O) groups excluding carboxylic acids is 1. The maximum atomic E-state index is 11.0. The van der Waals surface area contributed by atoms with E-state index in [1.807, 2.05) is 6.92 Å². The van der Waals surface area contributed by atoms with Gasteiger partial charge in [-0.05, 0) is 6.92 Å². The van der Waals surface area contributed by atoms with Crippen LogP contribution in [0, 0.1) is 0 Å². The summed E-state index contributed by atoms with van der Waals surface area (Å²) in [6.45, 7) is 2.50. The molecule has 0 spiro atoms. The third kappa shape index (κ3) is 3.06. The van der Waals surface area contributed by atoms with Crippen LogP contribution >= 0.6 is 0 Å². The molecular weight excluding hydrogens is 186 g/mol. The lowest BCUT2D eigenvalue weighted by atomic mass is 10.6. The third-order valence-corrected chi connectivity index (χ3v) is 1.53. The molecule has 1 aromatic heterocycles. The first-order valence-electron chi connectivity index (χ1n) is 4.33. The van der Waals surface area contributed by atoms with Crippen LogP contribution in [0.5, 0.6) is 0 Å². The highest BCUT2D eigenvalue weighted by molar-refractivity contribution is 5.84. The molecule has 2 N–H and O–H groups in total. The van der Waals surface area contributed by atoms with Crippen molar-refractivity contribution >= 4 is 11.8 Å². The van der Waals surface area contributed by atoms with E-state index in [-0.39, 0.29) is 13.2 Å². The van der Waals surface area contributed by atoms with Gasteiger partial charge < -0.3 is 9.84 Å². The Kier molecular flexibility index (Phi) is 3.93. The first kappa shape index (κ1) is 10.5. The Morgan fingerprint density at radius 2 is 2.57 bits per heavy atom. The van der Waals surface area contributed by atoms with Gasteiger partial charge in [0.25, 0.3) is 0 Å². The average molecular weight is 199 g/mol. The van der Waals surface area contributed by atoms with E-state index >= 15 is 0 Å². The minimum Gasteiger partial charge on any atom is -0.447 e. The Morgan fingerprint density at radius 1 is 1.79 bits per heavy atom. The van der Waals surface area contributed by atoms with Crippen LogP contribution in [0.4, 0.5) is 10.5 Å². The van der Waals surface area contributed by atoms with Gasteiger partial charge in [-0.15, -0.1) is 0 Å². The highest BCUT2D eigenvalue weighted by Gasteiger charge is 2.03.